The molecule has 96 valence electrons. The summed E-state index contributed by atoms with van der Waals surface area (Å²) in [4.78, 5) is 5.23. The van der Waals surface area contributed by atoms with E-state index in [0.29, 0.717) is 12.4 Å². The molecule has 0 radical (unpaired) electrons. The number of nitrogens with one attached hydrogen (secondary N) is 1. The first-order chi connectivity index (χ1) is 8.74. The van der Waals surface area contributed by atoms with Crippen LogP contribution in [0.3, 0.4) is 0 Å². The van der Waals surface area contributed by atoms with Crippen molar-refractivity contribution in [1.82, 2.24) is 10.3 Å². The van der Waals surface area contributed by atoms with Crippen LogP contribution in [0.25, 0.3) is 10.4 Å². The molecule has 0 saturated carbocycles. The summed E-state index contributed by atoms with van der Waals surface area (Å²) < 4.78 is 18.9. The van der Waals surface area contributed by atoms with E-state index in [9.17, 15) is 4.39 Å². The van der Waals surface area contributed by atoms with Crippen molar-refractivity contribution in [3.8, 4) is 16.2 Å². The zero-order valence-electron chi connectivity index (χ0n) is 10.4. The Morgan fingerprint density at radius 2 is 2.28 bits per heavy atom. The van der Waals surface area contributed by atoms with Gasteiger partial charge in [-0.25, -0.2) is 9.37 Å². The summed E-state index contributed by atoms with van der Waals surface area (Å²) in [5, 5.41) is 4.03. The normalized spacial score (nSPS) is 10.6. The summed E-state index contributed by atoms with van der Waals surface area (Å²) in [6.45, 7) is 3.02. The van der Waals surface area contributed by atoms with Crippen LogP contribution in [-0.2, 0) is 6.54 Å². The van der Waals surface area contributed by atoms with Gasteiger partial charge in [0.25, 0.3) is 0 Å². The first-order valence-corrected chi connectivity index (χ1v) is 6.58. The highest BCUT2D eigenvalue weighted by Crippen LogP contribution is 2.29. The largest absolute Gasteiger partial charge is 0.491 e. The lowest BCUT2D eigenvalue weighted by Gasteiger charge is -2.05. The molecule has 0 atom stereocenters. The maximum Gasteiger partial charge on any atom is 0.165 e. The Morgan fingerprint density at radius 1 is 1.44 bits per heavy atom. The lowest BCUT2D eigenvalue weighted by Crippen LogP contribution is -2.03. The molecule has 0 spiro atoms. The van der Waals surface area contributed by atoms with Crippen molar-refractivity contribution < 1.29 is 9.13 Å². The van der Waals surface area contributed by atoms with Gasteiger partial charge in [0.2, 0.25) is 0 Å². The minimum absolute atomic E-state index is 0.293. The second-order valence-corrected chi connectivity index (χ2v) is 4.84. The highest BCUT2D eigenvalue weighted by molar-refractivity contribution is 7.15. The molecule has 0 unspecified atom stereocenters. The lowest BCUT2D eigenvalue weighted by atomic mass is 10.2. The molecule has 0 aliphatic carbocycles. The molecule has 18 heavy (non-hydrogen) atoms. The smallest absolute Gasteiger partial charge is 0.165 e. The van der Waals surface area contributed by atoms with Gasteiger partial charge in [-0.1, -0.05) is 0 Å². The minimum Gasteiger partial charge on any atom is -0.491 e. The fourth-order valence-electron chi connectivity index (χ4n) is 1.60. The van der Waals surface area contributed by atoms with E-state index in [4.69, 9.17) is 4.74 Å². The summed E-state index contributed by atoms with van der Waals surface area (Å²) in [5.41, 5.74) is 0.829. The van der Waals surface area contributed by atoms with Crippen molar-refractivity contribution in [3.63, 3.8) is 0 Å². The van der Waals surface area contributed by atoms with E-state index in [0.717, 1.165) is 22.0 Å². The van der Waals surface area contributed by atoms with Crippen molar-refractivity contribution in [2.75, 3.05) is 13.7 Å². The molecule has 2 rings (SSSR count). The van der Waals surface area contributed by atoms with Crippen molar-refractivity contribution in [1.29, 1.82) is 0 Å². The van der Waals surface area contributed by atoms with E-state index < -0.39 is 0 Å². The molecule has 1 aromatic heterocycles. The van der Waals surface area contributed by atoms with Gasteiger partial charge < -0.3 is 10.1 Å². The van der Waals surface area contributed by atoms with E-state index in [1.165, 1.54) is 6.07 Å². The number of hydrogen-bond donors (Lipinski definition) is 1. The van der Waals surface area contributed by atoms with Crippen LogP contribution in [0.5, 0.6) is 5.75 Å². The van der Waals surface area contributed by atoms with Crippen LogP contribution < -0.4 is 10.1 Å². The van der Waals surface area contributed by atoms with Gasteiger partial charge in [0.05, 0.1) is 11.5 Å². The predicted octanol–water partition coefficient (Wildman–Crippen LogP) is 3.07. The van der Waals surface area contributed by atoms with Gasteiger partial charge in [0, 0.05) is 12.7 Å². The third kappa shape index (κ3) is 2.86. The van der Waals surface area contributed by atoms with Gasteiger partial charge in [-0.05, 0) is 37.7 Å². The number of ether oxygens (including phenoxy) is 1. The number of halogens is 1. The number of benzene rings is 1. The van der Waals surface area contributed by atoms with Crippen LogP contribution in [-0.4, -0.2) is 18.6 Å². The lowest BCUT2D eigenvalue weighted by molar-refractivity contribution is 0.321. The average Bonchev–Trinajstić information content (AvgIpc) is 2.81. The van der Waals surface area contributed by atoms with Gasteiger partial charge >= 0.3 is 0 Å². The monoisotopic (exact) mass is 266 g/mol. The minimum atomic E-state index is -0.335. The number of rotatable bonds is 5. The molecule has 1 N–H and O–H groups in total. The molecule has 0 amide bonds. The second-order valence-electron chi connectivity index (χ2n) is 3.73. The maximum absolute atomic E-state index is 13.7. The summed E-state index contributed by atoms with van der Waals surface area (Å²) in [7, 11) is 1.87. The van der Waals surface area contributed by atoms with E-state index in [-0.39, 0.29) is 5.82 Å². The average molecular weight is 266 g/mol. The fraction of sp³-hybridized carbons (Fsp3) is 0.308. The first-order valence-electron chi connectivity index (χ1n) is 5.76. The molecule has 3 nitrogen and oxygen atoms in total. The Kier molecular flexibility index (Phi) is 4.28. The summed E-state index contributed by atoms with van der Waals surface area (Å²) in [6, 6.07) is 5.00. The second kappa shape index (κ2) is 5.93. The quantitative estimate of drug-likeness (QED) is 0.903. The molecule has 1 heterocycles. The van der Waals surface area contributed by atoms with E-state index in [1.807, 2.05) is 20.0 Å². The Morgan fingerprint density at radius 3 is 2.94 bits per heavy atom. The maximum atomic E-state index is 13.7. The standard InChI is InChI=1S/C13H15FN2OS/c1-3-17-11-5-4-9(6-10(11)14)12-7-16-13(18-12)8-15-2/h4-7,15H,3,8H2,1-2H3. The van der Waals surface area contributed by atoms with Crippen LogP contribution in [0.4, 0.5) is 4.39 Å². The van der Waals surface area contributed by atoms with Gasteiger partial charge in [-0.15, -0.1) is 11.3 Å². The van der Waals surface area contributed by atoms with E-state index >= 15 is 0 Å². The molecule has 0 fully saturated rings. The molecule has 0 aliphatic heterocycles. The Balaban J connectivity index is 2.24. The van der Waals surface area contributed by atoms with Crippen LogP contribution in [0, 0.1) is 5.82 Å². The molecule has 5 heteroatoms. The van der Waals surface area contributed by atoms with Crippen molar-refractivity contribution in [2.24, 2.45) is 0 Å². The number of thiazole rings is 1. The predicted molar refractivity (Wildman–Crippen MR) is 71.4 cm³/mol. The molecule has 2 aromatic rings. The number of aromatic nitrogens is 1. The van der Waals surface area contributed by atoms with Gasteiger partial charge in [0.15, 0.2) is 11.6 Å². The van der Waals surface area contributed by atoms with Gasteiger partial charge in [-0.3, -0.25) is 0 Å². The summed E-state index contributed by atoms with van der Waals surface area (Å²) >= 11 is 1.56. The molecule has 0 saturated heterocycles. The highest BCUT2D eigenvalue weighted by Gasteiger charge is 2.08. The molecular weight excluding hydrogens is 251 g/mol. The SMILES string of the molecule is CCOc1ccc(-c2cnc(CNC)s2)cc1F. The van der Waals surface area contributed by atoms with Crippen molar-refractivity contribution in [3.05, 3.63) is 35.2 Å². The third-order valence-corrected chi connectivity index (χ3v) is 3.44. The Hall–Kier alpha value is -1.46. The molecule has 0 bridgehead atoms. The number of hydrogen-bond acceptors (Lipinski definition) is 4. The van der Waals surface area contributed by atoms with Gasteiger partial charge in [-0.2, -0.15) is 0 Å². The summed E-state index contributed by atoms with van der Waals surface area (Å²) in [5.74, 6) is -0.0425. The first kappa shape index (κ1) is 13.0. The number of nitrogens with zero attached hydrogens (tertiary/aromatic N) is 1. The van der Waals surface area contributed by atoms with Crippen LogP contribution in [0.1, 0.15) is 11.9 Å². The zero-order chi connectivity index (χ0) is 13.0. The summed E-state index contributed by atoms with van der Waals surface area (Å²) in [6.07, 6.45) is 1.77. The molecular formula is C13H15FN2OS. The van der Waals surface area contributed by atoms with Gasteiger partial charge in [0.1, 0.15) is 5.01 Å². The van der Waals surface area contributed by atoms with E-state index in [1.54, 1.807) is 23.6 Å². The Labute approximate surface area is 110 Å². The highest BCUT2D eigenvalue weighted by atomic mass is 32.1. The molecule has 1 aromatic carbocycles. The van der Waals surface area contributed by atoms with Crippen molar-refractivity contribution >= 4 is 11.3 Å². The fourth-order valence-corrected chi connectivity index (χ4v) is 2.53. The van der Waals surface area contributed by atoms with E-state index in [2.05, 4.69) is 10.3 Å². The third-order valence-electron chi connectivity index (χ3n) is 2.40. The zero-order valence-corrected chi connectivity index (χ0v) is 11.2. The van der Waals surface area contributed by atoms with Crippen LogP contribution in [0.2, 0.25) is 0 Å². The Bertz CT molecular complexity index is 527. The van der Waals surface area contributed by atoms with Crippen LogP contribution >= 0.6 is 11.3 Å². The topological polar surface area (TPSA) is 34.1 Å². The molecule has 0 aliphatic rings. The van der Waals surface area contributed by atoms with Crippen LogP contribution in [0.15, 0.2) is 24.4 Å². The van der Waals surface area contributed by atoms with Crippen molar-refractivity contribution in [2.45, 2.75) is 13.5 Å².